The van der Waals surface area contributed by atoms with E-state index < -0.39 is 12.0 Å². The van der Waals surface area contributed by atoms with E-state index in [0.29, 0.717) is 11.8 Å². The zero-order chi connectivity index (χ0) is 15.0. The maximum atomic E-state index is 12.8. The van der Waals surface area contributed by atoms with Crippen LogP contribution in [0.5, 0.6) is 0 Å². The molecule has 118 valence electrons. The fourth-order valence-electron chi connectivity index (χ4n) is 3.65. The highest BCUT2D eigenvalue weighted by atomic mass is 32.2. The van der Waals surface area contributed by atoms with E-state index in [1.807, 2.05) is 11.8 Å². The van der Waals surface area contributed by atoms with Gasteiger partial charge in [0, 0.05) is 31.4 Å². The van der Waals surface area contributed by atoms with E-state index >= 15 is 0 Å². The Kier molecular flexibility index (Phi) is 4.31. The van der Waals surface area contributed by atoms with Crippen molar-refractivity contribution in [2.75, 3.05) is 31.9 Å². The van der Waals surface area contributed by atoms with Crippen LogP contribution in [0.2, 0.25) is 0 Å². The lowest BCUT2D eigenvalue weighted by molar-refractivity contribution is -0.141. The van der Waals surface area contributed by atoms with E-state index in [1.165, 1.54) is 6.42 Å². The number of hydrogen-bond acceptors (Lipinski definition) is 4. The molecule has 3 heterocycles. The van der Waals surface area contributed by atoms with E-state index in [-0.39, 0.29) is 11.4 Å². The van der Waals surface area contributed by atoms with E-state index in [9.17, 15) is 14.7 Å². The molecule has 3 fully saturated rings. The van der Waals surface area contributed by atoms with Gasteiger partial charge in [-0.1, -0.05) is 6.92 Å². The highest BCUT2D eigenvalue weighted by Crippen LogP contribution is 2.33. The molecule has 3 rings (SSSR count). The van der Waals surface area contributed by atoms with Crippen LogP contribution in [-0.4, -0.2) is 81.2 Å². The van der Waals surface area contributed by atoms with Crippen LogP contribution in [0.15, 0.2) is 0 Å². The summed E-state index contributed by atoms with van der Waals surface area (Å²) < 4.78 is 0. The Bertz CT molecular complexity index is 434. The Morgan fingerprint density at radius 1 is 1.29 bits per heavy atom. The Morgan fingerprint density at radius 2 is 2.10 bits per heavy atom. The molecule has 0 bridgehead atoms. The summed E-state index contributed by atoms with van der Waals surface area (Å²) in [4.78, 5) is 30.2. The number of carbonyl (C=O) groups is 2. The van der Waals surface area contributed by atoms with Crippen LogP contribution in [0.25, 0.3) is 0 Å². The summed E-state index contributed by atoms with van der Waals surface area (Å²) in [5.74, 6) is -0.380. The van der Waals surface area contributed by atoms with Crippen molar-refractivity contribution < 1.29 is 14.7 Å². The third-order valence-corrected chi connectivity index (χ3v) is 6.26. The molecule has 0 spiro atoms. The topological polar surface area (TPSA) is 64.1 Å². The molecule has 0 aromatic rings. The largest absolute Gasteiger partial charge is 0.480 e. The van der Waals surface area contributed by atoms with Gasteiger partial charge in [0.2, 0.25) is 0 Å². The lowest BCUT2D eigenvalue weighted by atomic mass is 10.1. The molecule has 1 N–H and O–H groups in total. The normalized spacial score (nSPS) is 33.3. The third-order valence-electron chi connectivity index (χ3n) is 4.81. The molecule has 3 atom stereocenters. The monoisotopic (exact) mass is 313 g/mol. The average Bonchev–Trinajstić information content (AvgIpc) is 3.11. The van der Waals surface area contributed by atoms with Crippen LogP contribution in [-0.2, 0) is 4.79 Å². The number of rotatable bonds is 2. The molecule has 21 heavy (non-hydrogen) atoms. The number of urea groups is 1. The number of piperazine rings is 1. The van der Waals surface area contributed by atoms with Crippen LogP contribution in [0.4, 0.5) is 4.79 Å². The third kappa shape index (κ3) is 2.73. The number of nitrogens with zero attached hydrogens (tertiary/aromatic N) is 3. The van der Waals surface area contributed by atoms with Crippen molar-refractivity contribution in [3.8, 4) is 0 Å². The first-order valence-corrected chi connectivity index (χ1v) is 8.82. The molecule has 0 aromatic heterocycles. The first-order chi connectivity index (χ1) is 10.1. The minimum absolute atomic E-state index is 0.000192. The number of hydrogen-bond donors (Lipinski definition) is 1. The first kappa shape index (κ1) is 15.0. The van der Waals surface area contributed by atoms with Crippen molar-refractivity contribution in [1.82, 2.24) is 14.7 Å². The van der Waals surface area contributed by atoms with Crippen molar-refractivity contribution in [3.05, 3.63) is 0 Å². The Balaban J connectivity index is 1.71. The molecule has 3 aliphatic rings. The molecule has 3 aliphatic heterocycles. The summed E-state index contributed by atoms with van der Waals surface area (Å²) in [6, 6.07) is -0.277. The molecular weight excluding hydrogens is 290 g/mol. The number of carboxylic acids is 1. The number of aliphatic carboxylic acids is 1. The van der Waals surface area contributed by atoms with Gasteiger partial charge in [-0.3, -0.25) is 9.80 Å². The highest BCUT2D eigenvalue weighted by Gasteiger charge is 2.44. The van der Waals surface area contributed by atoms with Crippen molar-refractivity contribution in [3.63, 3.8) is 0 Å². The van der Waals surface area contributed by atoms with Gasteiger partial charge in [-0.25, -0.2) is 9.59 Å². The number of amides is 2. The van der Waals surface area contributed by atoms with Crippen molar-refractivity contribution >= 4 is 23.8 Å². The lowest BCUT2D eigenvalue weighted by Gasteiger charge is -2.40. The first-order valence-electron chi connectivity index (χ1n) is 7.77. The lowest BCUT2D eigenvalue weighted by Crippen LogP contribution is -2.58. The standard InChI is InChI=1S/C14H23N3O3S/c1-2-12-17(11(9-21-12)13(18)19)14(20)16-7-6-15-5-3-4-10(15)8-16/h10-12H,2-9H2,1H3,(H,18,19). The molecule has 2 amide bonds. The predicted molar refractivity (Wildman–Crippen MR) is 81.4 cm³/mol. The summed E-state index contributed by atoms with van der Waals surface area (Å²) in [7, 11) is 0. The molecular formula is C14H23N3O3S. The summed E-state index contributed by atoms with van der Waals surface area (Å²) in [5, 5.41) is 9.36. The zero-order valence-corrected chi connectivity index (χ0v) is 13.2. The zero-order valence-electron chi connectivity index (χ0n) is 12.4. The minimum Gasteiger partial charge on any atom is -0.480 e. The molecule has 3 saturated heterocycles. The molecule has 6 nitrogen and oxygen atoms in total. The van der Waals surface area contributed by atoms with Gasteiger partial charge in [0.15, 0.2) is 0 Å². The van der Waals surface area contributed by atoms with Crippen molar-refractivity contribution in [2.24, 2.45) is 0 Å². The summed E-state index contributed by atoms with van der Waals surface area (Å²) >= 11 is 1.59. The van der Waals surface area contributed by atoms with Gasteiger partial charge in [-0.15, -0.1) is 11.8 Å². The average molecular weight is 313 g/mol. The van der Waals surface area contributed by atoms with Gasteiger partial charge < -0.3 is 10.0 Å². The SMILES string of the molecule is CCC1SCC(C(=O)O)N1C(=O)N1CCN2CCCC2C1. The summed E-state index contributed by atoms with van der Waals surface area (Å²) in [5.41, 5.74) is 0. The summed E-state index contributed by atoms with van der Waals surface area (Å²) in [6.45, 7) is 5.55. The maximum absolute atomic E-state index is 12.8. The second-order valence-corrected chi connectivity index (χ2v) is 7.23. The summed E-state index contributed by atoms with van der Waals surface area (Å²) in [6.07, 6.45) is 3.16. The number of carboxylic acid groups (broad SMARTS) is 1. The number of thioether (sulfide) groups is 1. The van der Waals surface area contributed by atoms with Gasteiger partial charge in [-0.05, 0) is 25.8 Å². The van der Waals surface area contributed by atoms with Gasteiger partial charge >= 0.3 is 12.0 Å². The molecule has 0 saturated carbocycles. The molecule has 0 aliphatic carbocycles. The van der Waals surface area contributed by atoms with Crippen LogP contribution in [0, 0.1) is 0 Å². The second kappa shape index (κ2) is 6.04. The van der Waals surface area contributed by atoms with Gasteiger partial charge in [-0.2, -0.15) is 0 Å². The highest BCUT2D eigenvalue weighted by molar-refractivity contribution is 8.00. The van der Waals surface area contributed by atoms with Crippen LogP contribution in [0.1, 0.15) is 26.2 Å². The maximum Gasteiger partial charge on any atom is 0.327 e. The van der Waals surface area contributed by atoms with Crippen LogP contribution in [0.3, 0.4) is 0 Å². The van der Waals surface area contributed by atoms with Gasteiger partial charge in [0.25, 0.3) is 0 Å². The van der Waals surface area contributed by atoms with E-state index in [0.717, 1.165) is 39.0 Å². The van der Waals surface area contributed by atoms with Crippen molar-refractivity contribution in [1.29, 1.82) is 0 Å². The van der Waals surface area contributed by atoms with Gasteiger partial charge in [0.05, 0.1) is 5.37 Å². The molecule has 3 unspecified atom stereocenters. The number of carbonyl (C=O) groups excluding carboxylic acids is 1. The quantitative estimate of drug-likeness (QED) is 0.828. The fourth-order valence-corrected chi connectivity index (χ4v) is 4.99. The fraction of sp³-hybridized carbons (Fsp3) is 0.857. The van der Waals surface area contributed by atoms with Crippen molar-refractivity contribution in [2.45, 2.75) is 43.6 Å². The van der Waals surface area contributed by atoms with E-state index in [1.54, 1.807) is 16.7 Å². The molecule has 0 radical (unpaired) electrons. The Hall–Kier alpha value is -0.950. The van der Waals surface area contributed by atoms with Crippen LogP contribution < -0.4 is 0 Å². The Morgan fingerprint density at radius 3 is 2.81 bits per heavy atom. The second-order valence-electron chi connectivity index (χ2n) is 6.02. The van der Waals surface area contributed by atoms with Crippen LogP contribution >= 0.6 is 11.8 Å². The van der Waals surface area contributed by atoms with E-state index in [4.69, 9.17) is 0 Å². The van der Waals surface area contributed by atoms with E-state index in [2.05, 4.69) is 4.90 Å². The molecule has 7 heteroatoms. The predicted octanol–water partition coefficient (Wildman–Crippen LogP) is 1.12. The smallest absolute Gasteiger partial charge is 0.327 e. The van der Waals surface area contributed by atoms with Gasteiger partial charge in [0.1, 0.15) is 6.04 Å². The minimum atomic E-state index is -0.883. The Labute approximate surface area is 129 Å². The number of fused-ring (bicyclic) bond motifs is 1. The molecule has 0 aromatic carbocycles.